The molecule has 0 aliphatic carbocycles. The van der Waals surface area contributed by atoms with Crippen molar-refractivity contribution in [3.05, 3.63) is 88.0 Å². The number of benzene rings is 2. The summed E-state index contributed by atoms with van der Waals surface area (Å²) in [5, 5.41) is 8.48. The lowest BCUT2D eigenvalue weighted by molar-refractivity contribution is -0.123. The molecule has 0 radical (unpaired) electrons. The van der Waals surface area contributed by atoms with Gasteiger partial charge < -0.3 is 19.0 Å². The maximum absolute atomic E-state index is 14.0. The Morgan fingerprint density at radius 1 is 1.11 bits per heavy atom. The largest absolute Gasteiger partial charge is 0.490 e. The molecule has 0 unspecified atom stereocenters. The van der Waals surface area contributed by atoms with E-state index in [0.29, 0.717) is 29.4 Å². The highest BCUT2D eigenvalue weighted by molar-refractivity contribution is 8.18. The summed E-state index contributed by atoms with van der Waals surface area (Å²) < 4.78 is 30.5. The molecule has 1 aliphatic rings. The molecule has 10 heteroatoms. The van der Waals surface area contributed by atoms with Gasteiger partial charge in [0.1, 0.15) is 18.2 Å². The number of thioether (sulfide) groups is 1. The zero-order valence-corrected chi connectivity index (χ0v) is 19.3. The Bertz CT molecular complexity index is 1320. The number of carboxylic acids is 1. The molecule has 1 aliphatic heterocycles. The van der Waals surface area contributed by atoms with Crippen molar-refractivity contribution in [2.24, 2.45) is 0 Å². The molecule has 1 saturated heterocycles. The van der Waals surface area contributed by atoms with Crippen LogP contribution in [0.25, 0.3) is 6.08 Å². The summed E-state index contributed by atoms with van der Waals surface area (Å²) in [5.41, 5.74) is 0.853. The SMILES string of the molecule is CCOc1cc(C=C2SC(=O)N(Cc3ccccc3F)C2=O)ccc1OCc1ccc(C(=O)O)o1. The summed E-state index contributed by atoms with van der Waals surface area (Å²) in [4.78, 5) is 37.4. The lowest BCUT2D eigenvalue weighted by Gasteiger charge is -2.13. The molecule has 2 aromatic carbocycles. The third-order valence-corrected chi connectivity index (χ3v) is 5.88. The Balaban J connectivity index is 1.50. The van der Waals surface area contributed by atoms with Crippen molar-refractivity contribution in [1.82, 2.24) is 4.90 Å². The minimum atomic E-state index is -1.17. The zero-order valence-electron chi connectivity index (χ0n) is 18.5. The number of ether oxygens (including phenoxy) is 2. The van der Waals surface area contributed by atoms with Gasteiger partial charge in [-0.05, 0) is 60.7 Å². The third-order valence-electron chi connectivity index (χ3n) is 4.97. The number of aromatic carboxylic acids is 1. The molecular weight excluding hydrogens is 477 g/mol. The number of hydrogen-bond donors (Lipinski definition) is 1. The van der Waals surface area contributed by atoms with Crippen molar-refractivity contribution in [3.8, 4) is 11.5 Å². The highest BCUT2D eigenvalue weighted by Gasteiger charge is 2.35. The Hall–Kier alpha value is -4.05. The van der Waals surface area contributed by atoms with E-state index in [4.69, 9.17) is 19.0 Å². The lowest BCUT2D eigenvalue weighted by atomic mass is 10.1. The molecule has 2 amide bonds. The van der Waals surface area contributed by atoms with Crippen LogP contribution in [0.4, 0.5) is 9.18 Å². The second-order valence-corrected chi connectivity index (χ2v) is 8.35. The molecule has 4 rings (SSSR count). The van der Waals surface area contributed by atoms with Crippen LogP contribution >= 0.6 is 11.8 Å². The van der Waals surface area contributed by atoms with Crippen LogP contribution < -0.4 is 9.47 Å². The fourth-order valence-electron chi connectivity index (χ4n) is 3.31. The quantitative estimate of drug-likeness (QED) is 0.396. The average molecular weight is 498 g/mol. The van der Waals surface area contributed by atoms with Crippen molar-refractivity contribution < 1.29 is 37.8 Å². The number of imide groups is 1. The van der Waals surface area contributed by atoms with Gasteiger partial charge in [-0.2, -0.15) is 0 Å². The molecule has 180 valence electrons. The number of furan rings is 1. The van der Waals surface area contributed by atoms with E-state index >= 15 is 0 Å². The van der Waals surface area contributed by atoms with E-state index in [-0.39, 0.29) is 29.4 Å². The molecule has 1 N–H and O–H groups in total. The first-order chi connectivity index (χ1) is 16.9. The maximum atomic E-state index is 14.0. The number of rotatable bonds is 9. The number of nitrogens with zero attached hydrogens (tertiary/aromatic N) is 1. The maximum Gasteiger partial charge on any atom is 0.371 e. The average Bonchev–Trinajstić information content (AvgIpc) is 3.41. The highest BCUT2D eigenvalue weighted by Crippen LogP contribution is 2.36. The van der Waals surface area contributed by atoms with Gasteiger partial charge in [-0.25, -0.2) is 9.18 Å². The standard InChI is InChI=1S/C25H20FNO7S/c1-2-32-21-11-15(7-9-19(21)33-14-17-8-10-20(34-17)24(29)30)12-22-23(28)27(25(31)35-22)13-16-5-3-4-6-18(16)26/h3-12H,2,13-14H2,1H3,(H,29,30). The van der Waals surface area contributed by atoms with Crippen LogP contribution in [0.1, 0.15) is 34.4 Å². The summed E-state index contributed by atoms with van der Waals surface area (Å²) in [5.74, 6) is -1.23. The predicted octanol–water partition coefficient (Wildman–Crippen LogP) is 5.33. The molecule has 0 bridgehead atoms. The van der Waals surface area contributed by atoms with E-state index in [1.54, 1.807) is 37.3 Å². The predicted molar refractivity (Wildman–Crippen MR) is 126 cm³/mol. The smallest absolute Gasteiger partial charge is 0.371 e. The minimum Gasteiger partial charge on any atom is -0.490 e. The van der Waals surface area contributed by atoms with Gasteiger partial charge >= 0.3 is 5.97 Å². The monoisotopic (exact) mass is 497 g/mol. The molecule has 1 aromatic heterocycles. The molecule has 0 saturated carbocycles. The highest BCUT2D eigenvalue weighted by atomic mass is 32.2. The van der Waals surface area contributed by atoms with Crippen LogP contribution in [0, 0.1) is 5.82 Å². The molecule has 0 spiro atoms. The molecule has 2 heterocycles. The summed E-state index contributed by atoms with van der Waals surface area (Å²) in [6, 6.07) is 13.8. The normalized spacial score (nSPS) is 14.6. The first-order valence-corrected chi connectivity index (χ1v) is 11.4. The van der Waals surface area contributed by atoms with E-state index < -0.39 is 22.9 Å². The van der Waals surface area contributed by atoms with Crippen molar-refractivity contribution in [2.75, 3.05) is 6.61 Å². The van der Waals surface area contributed by atoms with E-state index in [1.165, 1.54) is 30.3 Å². The number of carboxylic acid groups (broad SMARTS) is 1. The van der Waals surface area contributed by atoms with Crippen molar-refractivity contribution in [1.29, 1.82) is 0 Å². The summed E-state index contributed by atoms with van der Waals surface area (Å²) in [6.45, 7) is 1.99. The van der Waals surface area contributed by atoms with Gasteiger partial charge in [0.15, 0.2) is 11.5 Å². The number of halogens is 1. The number of carbonyl (C=O) groups excluding carboxylic acids is 2. The lowest BCUT2D eigenvalue weighted by Crippen LogP contribution is -2.27. The Morgan fingerprint density at radius 3 is 2.63 bits per heavy atom. The molecular formula is C25H20FNO7S. The number of amides is 2. The van der Waals surface area contributed by atoms with Gasteiger partial charge in [0, 0.05) is 5.56 Å². The van der Waals surface area contributed by atoms with Crippen LogP contribution in [0.15, 0.2) is 63.9 Å². The van der Waals surface area contributed by atoms with Gasteiger partial charge in [-0.1, -0.05) is 24.3 Å². The second kappa shape index (κ2) is 10.5. The van der Waals surface area contributed by atoms with Gasteiger partial charge in [-0.15, -0.1) is 0 Å². The van der Waals surface area contributed by atoms with E-state index in [1.807, 2.05) is 0 Å². The van der Waals surface area contributed by atoms with Crippen LogP contribution in [-0.2, 0) is 17.9 Å². The first kappa shape index (κ1) is 24.1. The van der Waals surface area contributed by atoms with Crippen LogP contribution in [-0.4, -0.2) is 33.7 Å². The fraction of sp³-hybridized carbons (Fsp3) is 0.160. The first-order valence-electron chi connectivity index (χ1n) is 10.6. The summed E-state index contributed by atoms with van der Waals surface area (Å²) in [7, 11) is 0. The van der Waals surface area contributed by atoms with Crippen molar-refractivity contribution >= 4 is 35.0 Å². The van der Waals surface area contributed by atoms with E-state index in [9.17, 15) is 18.8 Å². The molecule has 3 aromatic rings. The van der Waals surface area contributed by atoms with Gasteiger partial charge in [0.25, 0.3) is 11.1 Å². The van der Waals surface area contributed by atoms with Crippen LogP contribution in [0.5, 0.6) is 11.5 Å². The minimum absolute atomic E-state index is 0.0123. The van der Waals surface area contributed by atoms with Gasteiger partial charge in [0.2, 0.25) is 5.76 Å². The molecule has 35 heavy (non-hydrogen) atoms. The Kier molecular flexibility index (Phi) is 7.21. The van der Waals surface area contributed by atoms with E-state index in [2.05, 4.69) is 0 Å². The summed E-state index contributed by atoms with van der Waals surface area (Å²) >= 11 is 0.781. The van der Waals surface area contributed by atoms with Crippen LogP contribution in [0.3, 0.4) is 0 Å². The number of hydrogen-bond acceptors (Lipinski definition) is 7. The van der Waals surface area contributed by atoms with Gasteiger partial charge in [-0.3, -0.25) is 14.5 Å². The molecule has 1 fully saturated rings. The van der Waals surface area contributed by atoms with Crippen LogP contribution in [0.2, 0.25) is 0 Å². The Morgan fingerprint density at radius 2 is 1.91 bits per heavy atom. The topological polar surface area (TPSA) is 106 Å². The van der Waals surface area contributed by atoms with Gasteiger partial charge in [0.05, 0.1) is 18.1 Å². The summed E-state index contributed by atoms with van der Waals surface area (Å²) in [6.07, 6.45) is 1.56. The molecule has 8 nitrogen and oxygen atoms in total. The van der Waals surface area contributed by atoms with E-state index in [0.717, 1.165) is 16.7 Å². The van der Waals surface area contributed by atoms with Crippen molar-refractivity contribution in [2.45, 2.75) is 20.1 Å². The van der Waals surface area contributed by atoms with Crippen molar-refractivity contribution in [3.63, 3.8) is 0 Å². The Labute approximate surface area is 203 Å². The molecule has 0 atom stereocenters. The fourth-order valence-corrected chi connectivity index (χ4v) is 4.14. The second-order valence-electron chi connectivity index (χ2n) is 7.36. The third kappa shape index (κ3) is 5.55. The number of carbonyl (C=O) groups is 3. The zero-order chi connectivity index (χ0) is 24.9.